The average Bonchev–Trinajstić information content (AvgIpc) is 2.89. The first kappa shape index (κ1) is 18.2. The SMILES string of the molecule is CN(C)C(=O)Cn1cc(Cl)c2ncc(-c3cccc(C(F)(F)F)n3)cc21. The van der Waals surface area contributed by atoms with Gasteiger partial charge < -0.3 is 9.47 Å². The Morgan fingerprint density at radius 2 is 2.04 bits per heavy atom. The van der Waals surface area contributed by atoms with E-state index in [1.54, 1.807) is 30.9 Å². The van der Waals surface area contributed by atoms with Crippen LogP contribution in [-0.4, -0.2) is 39.4 Å². The van der Waals surface area contributed by atoms with E-state index < -0.39 is 11.9 Å². The second-order valence-electron chi connectivity index (χ2n) is 5.89. The van der Waals surface area contributed by atoms with E-state index in [4.69, 9.17) is 11.6 Å². The molecule has 3 rings (SSSR count). The summed E-state index contributed by atoms with van der Waals surface area (Å²) in [5.74, 6) is -0.152. The van der Waals surface area contributed by atoms with Crippen molar-refractivity contribution in [2.45, 2.75) is 12.7 Å². The molecular weight excluding hydrogens is 369 g/mol. The summed E-state index contributed by atoms with van der Waals surface area (Å²) in [6.07, 6.45) is -1.55. The molecule has 0 bridgehead atoms. The largest absolute Gasteiger partial charge is 0.433 e. The summed E-state index contributed by atoms with van der Waals surface area (Å²) in [6.45, 7) is 0.0391. The zero-order chi connectivity index (χ0) is 19.1. The third-order valence-electron chi connectivity index (χ3n) is 3.81. The van der Waals surface area contributed by atoms with Gasteiger partial charge in [0.05, 0.1) is 16.2 Å². The van der Waals surface area contributed by atoms with Crippen molar-refractivity contribution < 1.29 is 18.0 Å². The molecule has 0 aliphatic heterocycles. The number of likely N-dealkylation sites (N-methyl/N-ethyl adjacent to an activating group) is 1. The van der Waals surface area contributed by atoms with E-state index in [0.717, 1.165) is 6.07 Å². The molecule has 0 saturated carbocycles. The number of pyridine rings is 2. The molecule has 0 spiro atoms. The van der Waals surface area contributed by atoms with Gasteiger partial charge in [-0.3, -0.25) is 9.78 Å². The third kappa shape index (κ3) is 3.50. The smallest absolute Gasteiger partial charge is 0.347 e. The van der Waals surface area contributed by atoms with E-state index in [1.807, 2.05) is 0 Å². The van der Waals surface area contributed by atoms with Crippen molar-refractivity contribution in [3.8, 4) is 11.3 Å². The van der Waals surface area contributed by atoms with Crippen LogP contribution in [0.25, 0.3) is 22.3 Å². The number of halogens is 4. The van der Waals surface area contributed by atoms with Gasteiger partial charge in [0, 0.05) is 32.1 Å². The molecule has 0 aromatic carbocycles. The average molecular weight is 383 g/mol. The van der Waals surface area contributed by atoms with Crippen LogP contribution in [0.1, 0.15) is 5.69 Å². The van der Waals surface area contributed by atoms with Crippen LogP contribution >= 0.6 is 11.6 Å². The Kier molecular flexibility index (Phi) is 4.62. The number of rotatable bonds is 3. The molecule has 0 aliphatic rings. The highest BCUT2D eigenvalue weighted by molar-refractivity contribution is 6.35. The Morgan fingerprint density at radius 3 is 2.69 bits per heavy atom. The van der Waals surface area contributed by atoms with Crippen molar-refractivity contribution >= 4 is 28.5 Å². The Labute approximate surface area is 152 Å². The van der Waals surface area contributed by atoms with Crippen LogP contribution in [0.4, 0.5) is 13.2 Å². The topological polar surface area (TPSA) is 51.0 Å². The zero-order valence-corrected chi connectivity index (χ0v) is 14.6. The Hall–Kier alpha value is -2.61. The number of amides is 1. The van der Waals surface area contributed by atoms with Crippen LogP contribution in [0.15, 0.2) is 36.7 Å². The molecule has 3 heterocycles. The number of alkyl halides is 3. The summed E-state index contributed by atoms with van der Waals surface area (Å²) in [4.78, 5) is 21.3. The molecule has 26 heavy (non-hydrogen) atoms. The van der Waals surface area contributed by atoms with Gasteiger partial charge in [0.15, 0.2) is 0 Å². The van der Waals surface area contributed by atoms with E-state index in [9.17, 15) is 18.0 Å². The maximum atomic E-state index is 12.9. The summed E-state index contributed by atoms with van der Waals surface area (Å²) in [5, 5.41) is 0.357. The molecule has 3 aromatic heterocycles. The van der Waals surface area contributed by atoms with Crippen molar-refractivity contribution in [1.29, 1.82) is 0 Å². The molecule has 0 N–H and O–H groups in total. The minimum absolute atomic E-state index is 0.0391. The maximum Gasteiger partial charge on any atom is 0.433 e. The van der Waals surface area contributed by atoms with Gasteiger partial charge >= 0.3 is 6.18 Å². The van der Waals surface area contributed by atoms with Crippen LogP contribution in [0, 0.1) is 0 Å². The van der Waals surface area contributed by atoms with Crippen molar-refractivity contribution in [3.05, 3.63) is 47.4 Å². The fourth-order valence-electron chi connectivity index (χ4n) is 2.44. The normalized spacial score (nSPS) is 11.8. The van der Waals surface area contributed by atoms with Crippen LogP contribution in [-0.2, 0) is 17.5 Å². The number of aromatic nitrogens is 3. The lowest BCUT2D eigenvalue weighted by Crippen LogP contribution is -2.25. The molecule has 0 fully saturated rings. The lowest BCUT2D eigenvalue weighted by molar-refractivity contribution is -0.141. The highest BCUT2D eigenvalue weighted by atomic mass is 35.5. The number of hydrogen-bond donors (Lipinski definition) is 0. The van der Waals surface area contributed by atoms with Crippen molar-refractivity contribution in [1.82, 2.24) is 19.4 Å². The summed E-state index contributed by atoms with van der Waals surface area (Å²) in [6, 6.07) is 5.29. The summed E-state index contributed by atoms with van der Waals surface area (Å²) in [5.41, 5.74) is 0.566. The molecule has 136 valence electrons. The Morgan fingerprint density at radius 1 is 1.31 bits per heavy atom. The van der Waals surface area contributed by atoms with E-state index in [0.29, 0.717) is 21.6 Å². The number of carbonyl (C=O) groups is 1. The van der Waals surface area contributed by atoms with Crippen molar-refractivity contribution in [3.63, 3.8) is 0 Å². The quantitative estimate of drug-likeness (QED) is 0.691. The molecule has 5 nitrogen and oxygen atoms in total. The molecule has 0 aliphatic carbocycles. The van der Waals surface area contributed by atoms with E-state index in [2.05, 4.69) is 9.97 Å². The fourth-order valence-corrected chi connectivity index (χ4v) is 2.70. The highest BCUT2D eigenvalue weighted by Crippen LogP contribution is 2.31. The van der Waals surface area contributed by atoms with E-state index in [-0.39, 0.29) is 18.1 Å². The van der Waals surface area contributed by atoms with Crippen LogP contribution in [0.2, 0.25) is 5.02 Å². The molecule has 0 unspecified atom stereocenters. The number of hydrogen-bond acceptors (Lipinski definition) is 3. The van der Waals surface area contributed by atoms with Gasteiger partial charge in [-0.05, 0) is 18.2 Å². The summed E-state index contributed by atoms with van der Waals surface area (Å²) >= 11 is 6.15. The fraction of sp³-hybridized carbons (Fsp3) is 0.235. The second kappa shape index (κ2) is 6.60. The predicted molar refractivity (Wildman–Crippen MR) is 91.7 cm³/mol. The molecule has 0 saturated heterocycles. The Balaban J connectivity index is 2.08. The lowest BCUT2D eigenvalue weighted by atomic mass is 10.1. The molecule has 1 amide bonds. The number of fused-ring (bicyclic) bond motifs is 1. The Bertz CT molecular complexity index is 982. The minimum atomic E-state index is -4.53. The summed E-state index contributed by atoms with van der Waals surface area (Å²) in [7, 11) is 3.26. The first-order valence-corrected chi connectivity index (χ1v) is 7.94. The van der Waals surface area contributed by atoms with Gasteiger partial charge in [0.2, 0.25) is 5.91 Å². The van der Waals surface area contributed by atoms with Crippen molar-refractivity contribution in [2.75, 3.05) is 14.1 Å². The molecule has 3 aromatic rings. The predicted octanol–water partition coefficient (Wildman–Crippen LogP) is 3.86. The number of nitrogens with zero attached hydrogens (tertiary/aromatic N) is 4. The first-order chi connectivity index (χ1) is 12.2. The standard InChI is InChI=1S/C17H14ClF3N4O/c1-24(2)15(26)9-25-8-11(18)16-13(25)6-10(7-22-16)12-4-3-5-14(23-12)17(19,20)21/h3-8H,9H2,1-2H3. The first-order valence-electron chi connectivity index (χ1n) is 7.56. The zero-order valence-electron chi connectivity index (χ0n) is 13.9. The van der Waals surface area contributed by atoms with E-state index >= 15 is 0 Å². The third-order valence-corrected chi connectivity index (χ3v) is 4.09. The van der Waals surface area contributed by atoms with Crippen LogP contribution < -0.4 is 0 Å². The van der Waals surface area contributed by atoms with Gasteiger partial charge in [0.25, 0.3) is 0 Å². The summed E-state index contributed by atoms with van der Waals surface area (Å²) < 4.78 is 40.3. The molecule has 9 heteroatoms. The molecular formula is C17H14ClF3N4O. The van der Waals surface area contributed by atoms with Gasteiger partial charge in [0.1, 0.15) is 17.8 Å². The van der Waals surface area contributed by atoms with Gasteiger partial charge in [-0.15, -0.1) is 0 Å². The van der Waals surface area contributed by atoms with Crippen molar-refractivity contribution in [2.24, 2.45) is 0 Å². The van der Waals surface area contributed by atoms with Crippen LogP contribution in [0.5, 0.6) is 0 Å². The molecule has 0 atom stereocenters. The highest BCUT2D eigenvalue weighted by Gasteiger charge is 2.32. The van der Waals surface area contributed by atoms with Gasteiger partial charge in [-0.2, -0.15) is 13.2 Å². The minimum Gasteiger partial charge on any atom is -0.347 e. The number of carbonyl (C=O) groups excluding carboxylic acids is 1. The van der Waals surface area contributed by atoms with Crippen LogP contribution in [0.3, 0.4) is 0 Å². The van der Waals surface area contributed by atoms with E-state index in [1.165, 1.54) is 23.2 Å². The van der Waals surface area contributed by atoms with Gasteiger partial charge in [-0.1, -0.05) is 17.7 Å². The maximum absolute atomic E-state index is 12.9. The van der Waals surface area contributed by atoms with Gasteiger partial charge in [-0.25, -0.2) is 4.98 Å². The molecule has 0 radical (unpaired) electrons. The second-order valence-corrected chi connectivity index (χ2v) is 6.30. The lowest BCUT2D eigenvalue weighted by Gasteiger charge is -2.12. The monoisotopic (exact) mass is 382 g/mol.